The van der Waals surface area contributed by atoms with Gasteiger partial charge >= 0.3 is 5.97 Å². The molecule has 0 amide bonds. The average molecular weight is 229 g/mol. The zero-order valence-electron chi connectivity index (χ0n) is 9.20. The molecule has 1 N–H and O–H groups in total. The molecule has 1 unspecified atom stereocenters. The Morgan fingerprint density at radius 1 is 1.67 bits per heavy atom. The van der Waals surface area contributed by atoms with Gasteiger partial charge in [0.25, 0.3) is 0 Å². The molecule has 1 aliphatic rings. The lowest BCUT2D eigenvalue weighted by Gasteiger charge is -2.23. The van der Waals surface area contributed by atoms with Crippen LogP contribution in [0.25, 0.3) is 0 Å². The van der Waals surface area contributed by atoms with Crippen LogP contribution in [0.2, 0.25) is 0 Å². The van der Waals surface area contributed by atoms with E-state index >= 15 is 0 Å². The summed E-state index contributed by atoms with van der Waals surface area (Å²) < 4.78 is 4.67. The van der Waals surface area contributed by atoms with E-state index in [9.17, 15) is 4.79 Å². The van der Waals surface area contributed by atoms with Crippen molar-refractivity contribution in [3.63, 3.8) is 0 Å². The summed E-state index contributed by atoms with van der Waals surface area (Å²) >= 11 is 2.01. The molecule has 1 saturated heterocycles. The van der Waals surface area contributed by atoms with Crippen LogP contribution in [-0.4, -0.2) is 37.2 Å². The van der Waals surface area contributed by atoms with E-state index in [1.165, 1.54) is 31.5 Å². The lowest BCUT2D eigenvalue weighted by atomic mass is 10.0. The maximum absolute atomic E-state index is 11.3. The molecule has 1 heterocycles. The van der Waals surface area contributed by atoms with Gasteiger partial charge in [0.05, 0.1) is 7.11 Å². The average Bonchev–Trinajstić information content (AvgIpc) is 2.31. The third-order valence-corrected chi connectivity index (χ3v) is 3.71. The molecule has 0 saturated carbocycles. The maximum atomic E-state index is 11.3. The number of nitrogens with one attached hydrogen (secondary N) is 1. The third-order valence-electron chi connectivity index (χ3n) is 2.66. The van der Waals surface area contributed by atoms with Gasteiger partial charge in [0.2, 0.25) is 0 Å². The predicted molar refractivity (Wildman–Crippen MR) is 64.1 cm³/mol. The first-order valence-corrected chi connectivity index (χ1v) is 6.45. The number of carbonyl (C=O) groups is 1. The molecule has 0 aliphatic carbocycles. The first kappa shape index (κ1) is 12.6. The number of carbonyl (C=O) groups excluding carboxylic acids is 1. The topological polar surface area (TPSA) is 38.3 Å². The van der Waals surface area contributed by atoms with Crippen LogP contribution >= 0.6 is 11.8 Å². The van der Waals surface area contributed by atoms with Gasteiger partial charge in [-0.2, -0.15) is 11.8 Å². The Kier molecular flexibility index (Phi) is 5.79. The monoisotopic (exact) mass is 229 g/mol. The van der Waals surface area contributed by atoms with E-state index in [4.69, 9.17) is 0 Å². The highest BCUT2D eigenvalue weighted by molar-refractivity contribution is 7.99. The largest absolute Gasteiger partial charge is 0.468 e. The summed E-state index contributed by atoms with van der Waals surface area (Å²) in [5.74, 6) is 2.92. The number of methoxy groups -OCH3 is 1. The highest BCUT2D eigenvalue weighted by atomic mass is 32.2. The minimum absolute atomic E-state index is 0.254. The van der Waals surface area contributed by atoms with Crippen molar-refractivity contribution in [1.82, 2.24) is 5.32 Å². The molecule has 0 aromatic carbocycles. The van der Waals surface area contributed by atoms with Crippen LogP contribution in [0.4, 0.5) is 0 Å². The summed E-state index contributed by atoms with van der Waals surface area (Å²) in [5, 5.41) is 3.19. The first-order chi connectivity index (χ1) is 7.27. The Morgan fingerprint density at radius 2 is 2.33 bits per heavy atom. The van der Waals surface area contributed by atoms with Crippen LogP contribution < -0.4 is 5.32 Å². The lowest BCUT2D eigenvalue weighted by molar-refractivity contribution is -0.141. The molecule has 1 rings (SSSR count). The molecule has 0 aromatic heterocycles. The standard InChI is InChI=1S/C11H19NO2S/c1-3-10(11(13)14-2)12-8-9-4-6-15-7-5-9/h3,9-10,12H,1,4-8H2,2H3. The van der Waals surface area contributed by atoms with Gasteiger partial charge in [0.1, 0.15) is 6.04 Å². The van der Waals surface area contributed by atoms with Crippen LogP contribution in [-0.2, 0) is 9.53 Å². The molecule has 1 fully saturated rings. The van der Waals surface area contributed by atoms with Crippen molar-refractivity contribution in [2.75, 3.05) is 25.2 Å². The van der Waals surface area contributed by atoms with Crippen molar-refractivity contribution < 1.29 is 9.53 Å². The van der Waals surface area contributed by atoms with Crippen LogP contribution in [0.15, 0.2) is 12.7 Å². The number of hydrogen-bond acceptors (Lipinski definition) is 4. The van der Waals surface area contributed by atoms with Gasteiger partial charge < -0.3 is 10.1 Å². The van der Waals surface area contributed by atoms with E-state index in [1.54, 1.807) is 6.08 Å². The molecular formula is C11H19NO2S. The number of ether oxygens (including phenoxy) is 1. The number of hydrogen-bond donors (Lipinski definition) is 1. The van der Waals surface area contributed by atoms with Gasteiger partial charge in [-0.3, -0.25) is 4.79 Å². The molecule has 86 valence electrons. The summed E-state index contributed by atoms with van der Waals surface area (Å²) in [6.07, 6.45) is 4.08. The fraction of sp³-hybridized carbons (Fsp3) is 0.727. The van der Waals surface area contributed by atoms with E-state index in [1.807, 2.05) is 11.8 Å². The predicted octanol–water partition coefficient (Wildman–Crippen LogP) is 1.45. The smallest absolute Gasteiger partial charge is 0.326 e. The molecule has 1 aliphatic heterocycles. The van der Waals surface area contributed by atoms with Crippen LogP contribution in [0, 0.1) is 5.92 Å². The summed E-state index contributed by atoms with van der Waals surface area (Å²) in [7, 11) is 1.40. The number of rotatable bonds is 5. The highest BCUT2D eigenvalue weighted by Crippen LogP contribution is 2.21. The fourth-order valence-electron chi connectivity index (χ4n) is 1.63. The van der Waals surface area contributed by atoms with E-state index in [0.717, 1.165) is 6.54 Å². The normalized spacial score (nSPS) is 19.5. The summed E-state index contributed by atoms with van der Waals surface area (Å²) in [4.78, 5) is 11.3. The summed E-state index contributed by atoms with van der Waals surface area (Å²) in [6.45, 7) is 4.51. The Labute approximate surface area is 95.6 Å². The van der Waals surface area contributed by atoms with E-state index in [-0.39, 0.29) is 12.0 Å². The lowest BCUT2D eigenvalue weighted by Crippen LogP contribution is -2.39. The Balaban J connectivity index is 2.26. The van der Waals surface area contributed by atoms with Crippen molar-refractivity contribution in [3.8, 4) is 0 Å². The maximum Gasteiger partial charge on any atom is 0.326 e. The molecule has 0 aromatic rings. The van der Waals surface area contributed by atoms with Crippen molar-refractivity contribution in [2.45, 2.75) is 18.9 Å². The van der Waals surface area contributed by atoms with Crippen LogP contribution in [0.3, 0.4) is 0 Å². The zero-order valence-corrected chi connectivity index (χ0v) is 10.0. The number of thioether (sulfide) groups is 1. The Hall–Kier alpha value is -0.480. The molecular weight excluding hydrogens is 210 g/mol. The molecule has 4 heteroatoms. The highest BCUT2D eigenvalue weighted by Gasteiger charge is 2.18. The number of esters is 1. The van der Waals surface area contributed by atoms with E-state index in [2.05, 4.69) is 16.6 Å². The molecule has 0 radical (unpaired) electrons. The summed E-state index contributed by atoms with van der Waals surface area (Å²) in [6, 6.07) is -0.357. The van der Waals surface area contributed by atoms with Crippen molar-refractivity contribution in [1.29, 1.82) is 0 Å². The second-order valence-corrected chi connectivity index (χ2v) is 4.93. The fourth-order valence-corrected chi connectivity index (χ4v) is 2.84. The quantitative estimate of drug-likeness (QED) is 0.572. The van der Waals surface area contributed by atoms with Gasteiger partial charge in [0.15, 0.2) is 0 Å². The van der Waals surface area contributed by atoms with E-state index < -0.39 is 0 Å². The minimum Gasteiger partial charge on any atom is -0.468 e. The Morgan fingerprint density at radius 3 is 2.87 bits per heavy atom. The van der Waals surface area contributed by atoms with Crippen molar-refractivity contribution in [2.24, 2.45) is 5.92 Å². The third kappa shape index (κ3) is 4.26. The van der Waals surface area contributed by atoms with E-state index in [0.29, 0.717) is 5.92 Å². The molecule has 1 atom stereocenters. The molecule has 0 spiro atoms. The summed E-state index contributed by atoms with van der Waals surface area (Å²) in [5.41, 5.74) is 0. The molecule has 0 bridgehead atoms. The van der Waals surface area contributed by atoms with Gasteiger partial charge in [0, 0.05) is 0 Å². The van der Waals surface area contributed by atoms with Crippen molar-refractivity contribution in [3.05, 3.63) is 12.7 Å². The van der Waals surface area contributed by atoms with Gasteiger partial charge in [-0.05, 0) is 36.8 Å². The van der Waals surface area contributed by atoms with Crippen LogP contribution in [0.1, 0.15) is 12.8 Å². The van der Waals surface area contributed by atoms with Gasteiger partial charge in [-0.15, -0.1) is 6.58 Å². The van der Waals surface area contributed by atoms with Crippen LogP contribution in [0.5, 0.6) is 0 Å². The van der Waals surface area contributed by atoms with Gasteiger partial charge in [-0.1, -0.05) is 6.08 Å². The Bertz CT molecular complexity index is 215. The minimum atomic E-state index is -0.357. The molecule has 15 heavy (non-hydrogen) atoms. The first-order valence-electron chi connectivity index (χ1n) is 5.29. The van der Waals surface area contributed by atoms with Crippen molar-refractivity contribution >= 4 is 17.7 Å². The second-order valence-electron chi connectivity index (χ2n) is 3.70. The zero-order chi connectivity index (χ0) is 11.1. The SMILES string of the molecule is C=CC(NCC1CCSCC1)C(=O)OC. The second kappa shape index (κ2) is 6.90. The van der Waals surface area contributed by atoms with Gasteiger partial charge in [-0.25, -0.2) is 0 Å². The molecule has 3 nitrogen and oxygen atoms in total.